The summed E-state index contributed by atoms with van der Waals surface area (Å²) in [4.78, 5) is 36.1. The Kier molecular flexibility index (Phi) is 6.37. The molecule has 4 rings (SSSR count). The van der Waals surface area contributed by atoms with Crippen LogP contribution in [-0.2, 0) is 14.3 Å². The highest BCUT2D eigenvalue weighted by molar-refractivity contribution is 5.86. The minimum absolute atomic E-state index is 0.00472. The third-order valence-electron chi connectivity index (χ3n) is 6.17. The highest BCUT2D eigenvalue weighted by Gasteiger charge is 2.39. The Hall–Kier alpha value is -3.39. The van der Waals surface area contributed by atoms with Gasteiger partial charge in [0.15, 0.2) is 0 Å². The van der Waals surface area contributed by atoms with Gasteiger partial charge in [0, 0.05) is 12.5 Å². The van der Waals surface area contributed by atoms with Crippen LogP contribution in [0.3, 0.4) is 0 Å². The zero-order valence-electron chi connectivity index (χ0n) is 18.4. The van der Waals surface area contributed by atoms with Crippen molar-refractivity contribution in [2.75, 3.05) is 13.2 Å². The maximum absolute atomic E-state index is 12.6. The van der Waals surface area contributed by atoms with Crippen molar-refractivity contribution in [2.45, 2.75) is 43.7 Å². The van der Waals surface area contributed by atoms with E-state index >= 15 is 0 Å². The third-order valence-corrected chi connectivity index (χ3v) is 6.17. The molecule has 0 radical (unpaired) electrons. The Bertz CT molecular complexity index is 1020. The molecule has 0 aliphatic heterocycles. The molecule has 174 valence electrons. The number of hydrogen-bond donors (Lipinski definition) is 4. The molecule has 2 aromatic rings. The largest absolute Gasteiger partial charge is 0.481 e. The molecule has 33 heavy (non-hydrogen) atoms. The fourth-order valence-electron chi connectivity index (χ4n) is 4.37. The number of aliphatic carboxylic acids is 1. The average molecular weight is 453 g/mol. The summed E-state index contributed by atoms with van der Waals surface area (Å²) >= 11 is 0. The smallest absolute Gasteiger partial charge is 0.407 e. The van der Waals surface area contributed by atoms with E-state index in [0.29, 0.717) is 0 Å². The van der Waals surface area contributed by atoms with Crippen molar-refractivity contribution >= 4 is 18.0 Å². The van der Waals surface area contributed by atoms with E-state index in [1.54, 1.807) is 0 Å². The van der Waals surface area contributed by atoms with Gasteiger partial charge in [-0.1, -0.05) is 48.5 Å². The topological polar surface area (TPSA) is 125 Å². The van der Waals surface area contributed by atoms with E-state index in [1.165, 1.54) is 6.92 Å². The number of carboxylic acids is 1. The van der Waals surface area contributed by atoms with Gasteiger partial charge in [-0.05, 0) is 47.9 Å². The van der Waals surface area contributed by atoms with Gasteiger partial charge in [0.05, 0.1) is 12.0 Å². The van der Waals surface area contributed by atoms with Gasteiger partial charge in [-0.25, -0.2) is 4.79 Å². The molecular weight excluding hydrogens is 424 g/mol. The van der Waals surface area contributed by atoms with E-state index in [0.717, 1.165) is 35.1 Å². The fraction of sp³-hybridized carbons (Fsp3) is 0.400. The highest BCUT2D eigenvalue weighted by Crippen LogP contribution is 2.44. The second-order valence-corrected chi connectivity index (χ2v) is 9.07. The highest BCUT2D eigenvalue weighted by atomic mass is 16.5. The molecule has 0 heterocycles. The summed E-state index contributed by atoms with van der Waals surface area (Å²) in [6, 6.07) is 15.3. The number of rotatable bonds is 9. The third kappa shape index (κ3) is 5.34. The van der Waals surface area contributed by atoms with Crippen LogP contribution in [0.5, 0.6) is 0 Å². The Labute approximate surface area is 192 Å². The first-order valence-corrected chi connectivity index (χ1v) is 11.1. The van der Waals surface area contributed by atoms with Gasteiger partial charge < -0.3 is 25.6 Å². The van der Waals surface area contributed by atoms with Gasteiger partial charge in [0.2, 0.25) is 5.91 Å². The number of carbonyl (C=O) groups excluding carboxylic acids is 2. The summed E-state index contributed by atoms with van der Waals surface area (Å²) in [5, 5.41) is 24.2. The molecule has 2 unspecified atom stereocenters. The number of aliphatic hydroxyl groups is 1. The van der Waals surface area contributed by atoms with Crippen molar-refractivity contribution in [1.82, 2.24) is 10.6 Å². The number of fused-ring (bicyclic) bond motifs is 3. The molecular formula is C25H28N2O6. The predicted octanol–water partition coefficient (Wildman–Crippen LogP) is 2.65. The molecule has 2 aliphatic carbocycles. The minimum Gasteiger partial charge on any atom is -0.481 e. The fourth-order valence-corrected chi connectivity index (χ4v) is 4.37. The maximum Gasteiger partial charge on any atom is 0.407 e. The summed E-state index contributed by atoms with van der Waals surface area (Å²) in [6.45, 7) is 1.26. The van der Waals surface area contributed by atoms with Crippen molar-refractivity contribution in [2.24, 2.45) is 5.92 Å². The average Bonchev–Trinajstić information content (AvgIpc) is 3.56. The second-order valence-electron chi connectivity index (χ2n) is 9.07. The number of nitrogens with one attached hydrogen (secondary N) is 2. The molecule has 8 heteroatoms. The summed E-state index contributed by atoms with van der Waals surface area (Å²) < 4.78 is 5.54. The Balaban J connectivity index is 1.36. The monoisotopic (exact) mass is 452 g/mol. The van der Waals surface area contributed by atoms with E-state index in [2.05, 4.69) is 22.8 Å². The van der Waals surface area contributed by atoms with Crippen molar-refractivity contribution in [3.05, 3.63) is 59.7 Å². The second kappa shape index (κ2) is 9.23. The predicted molar refractivity (Wildman–Crippen MR) is 121 cm³/mol. The molecule has 0 saturated heterocycles. The number of alkyl carbamates (subject to hydrolysis) is 1. The standard InChI is InChI=1S/C25H28N2O6/c1-25(32,12-21(28)29)14-26-23(30)22(15-10-11-15)27-24(31)33-13-20-18-8-4-2-6-16(18)17-7-3-5-9-19(17)20/h2-9,15,20,22,32H,10-14H2,1H3,(H,26,30)(H,27,31)(H,28,29). The van der Waals surface area contributed by atoms with Crippen LogP contribution in [-0.4, -0.2) is 53.0 Å². The lowest BCUT2D eigenvalue weighted by Crippen LogP contribution is -2.52. The van der Waals surface area contributed by atoms with E-state index in [9.17, 15) is 19.5 Å². The van der Waals surface area contributed by atoms with Gasteiger partial charge in [0.25, 0.3) is 0 Å². The maximum atomic E-state index is 12.6. The van der Waals surface area contributed by atoms with Crippen molar-refractivity contribution in [3.63, 3.8) is 0 Å². The molecule has 1 fully saturated rings. The van der Waals surface area contributed by atoms with Gasteiger partial charge >= 0.3 is 12.1 Å². The van der Waals surface area contributed by atoms with Crippen LogP contribution >= 0.6 is 0 Å². The quantitative estimate of drug-likeness (QED) is 0.464. The Morgan fingerprint density at radius 1 is 1.06 bits per heavy atom. The number of amides is 2. The molecule has 2 aliphatic rings. The van der Waals surface area contributed by atoms with Crippen molar-refractivity contribution < 1.29 is 29.3 Å². The van der Waals surface area contributed by atoms with Crippen LogP contribution in [0, 0.1) is 5.92 Å². The molecule has 2 amide bonds. The first-order valence-electron chi connectivity index (χ1n) is 11.1. The molecule has 4 N–H and O–H groups in total. The minimum atomic E-state index is -1.58. The van der Waals surface area contributed by atoms with Crippen LogP contribution in [0.4, 0.5) is 4.79 Å². The number of ether oxygens (including phenoxy) is 1. The zero-order chi connectivity index (χ0) is 23.6. The Morgan fingerprint density at radius 2 is 1.64 bits per heavy atom. The van der Waals surface area contributed by atoms with Crippen molar-refractivity contribution in [1.29, 1.82) is 0 Å². The van der Waals surface area contributed by atoms with Crippen molar-refractivity contribution in [3.8, 4) is 11.1 Å². The SMILES string of the molecule is CC(O)(CNC(=O)C(NC(=O)OCC1c2ccccc2-c2ccccc21)C1CC1)CC(=O)O. The molecule has 0 bridgehead atoms. The molecule has 0 aromatic heterocycles. The van der Waals surface area contributed by atoms with E-state index in [-0.39, 0.29) is 25.0 Å². The molecule has 8 nitrogen and oxygen atoms in total. The van der Waals surface area contributed by atoms with Crippen LogP contribution < -0.4 is 10.6 Å². The first kappa shape index (κ1) is 22.8. The lowest BCUT2D eigenvalue weighted by molar-refractivity contribution is -0.142. The lowest BCUT2D eigenvalue weighted by atomic mass is 9.98. The number of carboxylic acid groups (broad SMARTS) is 1. The van der Waals surface area contributed by atoms with Crippen LogP contribution in [0.1, 0.15) is 43.2 Å². The van der Waals surface area contributed by atoms with E-state index < -0.39 is 36.0 Å². The molecule has 1 saturated carbocycles. The van der Waals surface area contributed by atoms with Gasteiger partial charge in [0.1, 0.15) is 12.6 Å². The summed E-state index contributed by atoms with van der Waals surface area (Å²) in [7, 11) is 0. The Morgan fingerprint density at radius 3 is 2.18 bits per heavy atom. The first-order chi connectivity index (χ1) is 15.7. The lowest BCUT2D eigenvalue weighted by Gasteiger charge is -2.24. The van der Waals surface area contributed by atoms with Crippen LogP contribution in [0.15, 0.2) is 48.5 Å². The summed E-state index contributed by atoms with van der Waals surface area (Å²) in [5.74, 6) is -1.71. The summed E-state index contributed by atoms with van der Waals surface area (Å²) in [6.07, 6.45) is 0.419. The van der Waals surface area contributed by atoms with E-state index in [1.807, 2.05) is 36.4 Å². The number of benzene rings is 2. The van der Waals surface area contributed by atoms with Crippen LogP contribution in [0.25, 0.3) is 11.1 Å². The van der Waals surface area contributed by atoms with Gasteiger partial charge in [-0.3, -0.25) is 9.59 Å². The zero-order valence-corrected chi connectivity index (χ0v) is 18.4. The van der Waals surface area contributed by atoms with Gasteiger partial charge in [-0.15, -0.1) is 0 Å². The molecule has 2 atom stereocenters. The van der Waals surface area contributed by atoms with E-state index in [4.69, 9.17) is 9.84 Å². The summed E-state index contributed by atoms with van der Waals surface area (Å²) in [5.41, 5.74) is 2.88. The van der Waals surface area contributed by atoms with Gasteiger partial charge in [-0.2, -0.15) is 0 Å². The number of carbonyl (C=O) groups is 3. The normalized spacial score (nSPS) is 17.3. The molecule has 0 spiro atoms. The molecule has 2 aromatic carbocycles. The number of hydrogen-bond acceptors (Lipinski definition) is 5. The van der Waals surface area contributed by atoms with Crippen LogP contribution in [0.2, 0.25) is 0 Å².